The molecule has 1 aliphatic heterocycles. The van der Waals surface area contributed by atoms with Crippen molar-refractivity contribution in [1.29, 1.82) is 0 Å². The number of fused-ring (bicyclic) bond motifs is 1. The van der Waals surface area contributed by atoms with E-state index < -0.39 is 5.91 Å². The molecule has 2 N–H and O–H groups in total. The number of hydrogen-bond acceptors (Lipinski definition) is 5. The Morgan fingerprint density at radius 3 is 2.39 bits per heavy atom. The molecule has 0 saturated carbocycles. The maximum atomic E-state index is 12.7. The van der Waals surface area contributed by atoms with Crippen molar-refractivity contribution in [1.82, 2.24) is 20.7 Å². The van der Waals surface area contributed by atoms with Crippen molar-refractivity contribution < 1.29 is 18.8 Å². The van der Waals surface area contributed by atoms with Crippen LogP contribution < -0.4 is 10.9 Å². The van der Waals surface area contributed by atoms with Crippen LogP contribution in [0, 0.1) is 0 Å². The van der Waals surface area contributed by atoms with Crippen LogP contribution in [0.25, 0.3) is 11.0 Å². The average Bonchev–Trinajstić information content (AvgIpc) is 3.22. The Bertz CT molecular complexity index is 1090. The van der Waals surface area contributed by atoms with E-state index in [1.807, 2.05) is 29.2 Å². The number of furan rings is 1. The second kappa shape index (κ2) is 9.20. The largest absolute Gasteiger partial charge is 0.451 e. The molecule has 8 nitrogen and oxygen atoms in total. The fraction of sp³-hybridized carbons (Fsp3) is 0.227. The Morgan fingerprint density at radius 2 is 1.65 bits per heavy atom. The highest BCUT2D eigenvalue weighted by atomic mass is 35.5. The van der Waals surface area contributed by atoms with Gasteiger partial charge in [-0.2, -0.15) is 0 Å². The van der Waals surface area contributed by atoms with Crippen molar-refractivity contribution >= 4 is 40.3 Å². The third-order valence-corrected chi connectivity index (χ3v) is 5.43. The minimum atomic E-state index is -0.486. The van der Waals surface area contributed by atoms with Crippen LogP contribution in [0.2, 0.25) is 5.02 Å². The first-order valence-corrected chi connectivity index (χ1v) is 10.2. The fourth-order valence-electron chi connectivity index (χ4n) is 3.43. The van der Waals surface area contributed by atoms with E-state index in [0.29, 0.717) is 42.5 Å². The van der Waals surface area contributed by atoms with E-state index >= 15 is 0 Å². The summed E-state index contributed by atoms with van der Waals surface area (Å²) in [5.41, 5.74) is 5.72. The molecule has 3 aromatic rings. The number of halogens is 1. The summed E-state index contributed by atoms with van der Waals surface area (Å²) in [5.74, 6) is -0.681. The molecule has 9 heteroatoms. The highest BCUT2D eigenvalue weighted by Gasteiger charge is 2.25. The lowest BCUT2D eigenvalue weighted by atomic mass is 10.2. The van der Waals surface area contributed by atoms with Gasteiger partial charge in [0.25, 0.3) is 17.7 Å². The molecule has 0 spiro atoms. The Hall–Kier alpha value is -3.36. The molecule has 2 aromatic carbocycles. The smallest absolute Gasteiger partial charge is 0.289 e. The third-order valence-electron chi connectivity index (χ3n) is 5.10. The number of nitrogens with one attached hydrogen (secondary N) is 2. The lowest BCUT2D eigenvalue weighted by Gasteiger charge is -2.33. The fourth-order valence-corrected chi connectivity index (χ4v) is 3.66. The van der Waals surface area contributed by atoms with Gasteiger partial charge in [0.2, 0.25) is 0 Å². The van der Waals surface area contributed by atoms with Gasteiger partial charge in [-0.25, -0.2) is 0 Å². The van der Waals surface area contributed by atoms with Gasteiger partial charge in [-0.15, -0.1) is 0 Å². The molecule has 0 unspecified atom stereocenters. The quantitative estimate of drug-likeness (QED) is 0.607. The van der Waals surface area contributed by atoms with E-state index in [0.717, 1.165) is 5.39 Å². The van der Waals surface area contributed by atoms with E-state index in [-0.39, 0.29) is 23.9 Å². The standard InChI is InChI=1S/C22H21ClN4O4/c23-17-7-3-2-6-16(17)21(29)25-24-20(28)14-26-9-11-27(12-10-26)22(30)19-13-15-5-1-4-8-18(15)31-19/h1-8,13H,9-12,14H2,(H,24,28)(H,25,29). The maximum Gasteiger partial charge on any atom is 0.289 e. The van der Waals surface area contributed by atoms with Gasteiger partial charge >= 0.3 is 0 Å². The van der Waals surface area contributed by atoms with Crippen LogP contribution in [0.3, 0.4) is 0 Å². The van der Waals surface area contributed by atoms with Gasteiger partial charge < -0.3 is 9.32 Å². The molecule has 1 aliphatic rings. The van der Waals surface area contributed by atoms with Gasteiger partial charge in [-0.3, -0.25) is 30.1 Å². The number of carbonyl (C=O) groups excluding carboxylic acids is 3. The highest BCUT2D eigenvalue weighted by molar-refractivity contribution is 6.33. The maximum absolute atomic E-state index is 12.7. The number of para-hydroxylation sites is 1. The molecule has 0 aliphatic carbocycles. The second-order valence-electron chi connectivity index (χ2n) is 7.20. The van der Waals surface area contributed by atoms with Crippen molar-refractivity contribution in [3.8, 4) is 0 Å². The molecule has 160 valence electrons. The van der Waals surface area contributed by atoms with Crippen LogP contribution in [0.4, 0.5) is 0 Å². The Kier molecular flexibility index (Phi) is 6.20. The average molecular weight is 441 g/mol. The minimum Gasteiger partial charge on any atom is -0.451 e. The van der Waals surface area contributed by atoms with Gasteiger partial charge in [0.05, 0.1) is 17.1 Å². The predicted molar refractivity (Wildman–Crippen MR) is 116 cm³/mol. The number of nitrogens with zero attached hydrogens (tertiary/aromatic N) is 2. The van der Waals surface area contributed by atoms with Crippen molar-refractivity contribution in [2.45, 2.75) is 0 Å². The lowest BCUT2D eigenvalue weighted by molar-refractivity contribution is -0.123. The van der Waals surface area contributed by atoms with E-state index in [1.54, 1.807) is 35.2 Å². The van der Waals surface area contributed by atoms with Crippen LogP contribution in [0.15, 0.2) is 59.0 Å². The Morgan fingerprint density at radius 1 is 0.935 bits per heavy atom. The summed E-state index contributed by atoms with van der Waals surface area (Å²) in [6, 6.07) is 15.8. The SMILES string of the molecule is O=C(CN1CCN(C(=O)c2cc3ccccc3o2)CC1)NNC(=O)c1ccccc1Cl. The summed E-state index contributed by atoms with van der Waals surface area (Å²) in [5, 5.41) is 1.19. The molecule has 2 heterocycles. The van der Waals surface area contributed by atoms with Crippen molar-refractivity contribution in [3.05, 3.63) is 70.9 Å². The molecule has 1 fully saturated rings. The lowest BCUT2D eigenvalue weighted by Crippen LogP contribution is -2.52. The van der Waals surface area contributed by atoms with E-state index in [4.69, 9.17) is 16.0 Å². The predicted octanol–water partition coefficient (Wildman–Crippen LogP) is 2.31. The molecular weight excluding hydrogens is 420 g/mol. The zero-order valence-corrected chi connectivity index (χ0v) is 17.4. The first kappa shape index (κ1) is 20.9. The number of hydrazine groups is 1. The second-order valence-corrected chi connectivity index (χ2v) is 7.61. The molecule has 31 heavy (non-hydrogen) atoms. The molecule has 1 saturated heterocycles. The van der Waals surface area contributed by atoms with Crippen molar-refractivity contribution in [2.24, 2.45) is 0 Å². The summed E-state index contributed by atoms with van der Waals surface area (Å²) in [7, 11) is 0. The van der Waals surface area contributed by atoms with Gasteiger partial charge in [-0.1, -0.05) is 41.9 Å². The molecule has 1 aromatic heterocycles. The topological polar surface area (TPSA) is 94.9 Å². The Labute approximate surface area is 183 Å². The van der Waals surface area contributed by atoms with Gasteiger partial charge in [0, 0.05) is 31.6 Å². The van der Waals surface area contributed by atoms with Crippen LogP contribution in [0.5, 0.6) is 0 Å². The summed E-state index contributed by atoms with van der Waals surface area (Å²) in [4.78, 5) is 40.6. The van der Waals surface area contributed by atoms with E-state index in [1.165, 1.54) is 0 Å². The minimum absolute atomic E-state index is 0.107. The zero-order chi connectivity index (χ0) is 21.8. The van der Waals surface area contributed by atoms with Crippen molar-refractivity contribution in [2.75, 3.05) is 32.7 Å². The zero-order valence-electron chi connectivity index (χ0n) is 16.6. The number of carbonyl (C=O) groups is 3. The van der Waals surface area contributed by atoms with Crippen LogP contribution in [0.1, 0.15) is 20.9 Å². The van der Waals surface area contributed by atoms with E-state index in [2.05, 4.69) is 10.9 Å². The first-order chi connectivity index (χ1) is 15.0. The van der Waals surface area contributed by atoms with Crippen LogP contribution in [-0.4, -0.2) is 60.2 Å². The van der Waals surface area contributed by atoms with Crippen LogP contribution in [-0.2, 0) is 4.79 Å². The molecule has 0 atom stereocenters. The summed E-state index contributed by atoms with van der Waals surface area (Å²) in [6.07, 6.45) is 0. The highest BCUT2D eigenvalue weighted by Crippen LogP contribution is 2.20. The van der Waals surface area contributed by atoms with Gasteiger partial charge in [0.15, 0.2) is 5.76 Å². The molecule has 0 radical (unpaired) electrons. The summed E-state index contributed by atoms with van der Waals surface area (Å²) in [6.45, 7) is 2.15. The molecule has 0 bridgehead atoms. The molecule has 3 amide bonds. The van der Waals surface area contributed by atoms with Gasteiger partial charge in [0.1, 0.15) is 5.58 Å². The molecule has 4 rings (SSSR count). The normalized spacial score (nSPS) is 14.4. The number of hydrogen-bond donors (Lipinski definition) is 2. The Balaban J connectivity index is 1.24. The monoisotopic (exact) mass is 440 g/mol. The number of piperazine rings is 1. The third kappa shape index (κ3) is 4.87. The summed E-state index contributed by atoms with van der Waals surface area (Å²) >= 11 is 5.98. The van der Waals surface area contributed by atoms with Crippen LogP contribution >= 0.6 is 11.6 Å². The van der Waals surface area contributed by atoms with Crippen molar-refractivity contribution in [3.63, 3.8) is 0 Å². The van der Waals surface area contributed by atoms with Gasteiger partial charge in [-0.05, 0) is 24.3 Å². The number of rotatable bonds is 4. The van der Waals surface area contributed by atoms with E-state index in [9.17, 15) is 14.4 Å². The molecular formula is C22H21ClN4O4. The number of benzene rings is 2. The number of amides is 3. The first-order valence-electron chi connectivity index (χ1n) is 9.85. The summed E-state index contributed by atoms with van der Waals surface area (Å²) < 4.78 is 5.66.